The lowest BCUT2D eigenvalue weighted by molar-refractivity contribution is -0.129. The van der Waals surface area contributed by atoms with Crippen LogP contribution in [0, 0.1) is 5.92 Å². The third-order valence-corrected chi connectivity index (χ3v) is 7.63. The van der Waals surface area contributed by atoms with Gasteiger partial charge < -0.3 is 24.4 Å². The zero-order chi connectivity index (χ0) is 28.0. The van der Waals surface area contributed by atoms with Crippen LogP contribution in [0.5, 0.6) is 5.75 Å². The minimum absolute atomic E-state index is 0.176. The van der Waals surface area contributed by atoms with Gasteiger partial charge in [0, 0.05) is 48.7 Å². The van der Waals surface area contributed by atoms with Crippen molar-refractivity contribution < 1.29 is 29.0 Å². The summed E-state index contributed by atoms with van der Waals surface area (Å²) in [7, 11) is 1.73. The minimum Gasteiger partial charge on any atom is -0.491 e. The number of esters is 1. The van der Waals surface area contributed by atoms with Crippen LogP contribution in [-0.2, 0) is 14.3 Å². The quantitative estimate of drug-likeness (QED) is 0.217. The molecule has 1 heterocycles. The van der Waals surface area contributed by atoms with Gasteiger partial charge in [0.05, 0.1) is 30.4 Å². The number of rotatable bonds is 13. The van der Waals surface area contributed by atoms with Crippen molar-refractivity contribution in [2.45, 2.75) is 39.7 Å². The molecule has 0 saturated heterocycles. The number of Topliss-reactive ketones (excluding diaryl/α,β-unsaturated/α-hetero) is 2. The van der Waals surface area contributed by atoms with Gasteiger partial charge in [-0.3, -0.25) is 9.59 Å². The summed E-state index contributed by atoms with van der Waals surface area (Å²) in [4.78, 5) is 43.3. The molecule has 1 aromatic carbocycles. The van der Waals surface area contributed by atoms with Crippen LogP contribution in [-0.4, -0.2) is 85.3 Å². The molecule has 1 aromatic rings. The molecule has 1 aliphatic carbocycles. The molecule has 2 atom stereocenters. The number of nitrogens with zero attached hydrogens (tertiary/aromatic N) is 2. The van der Waals surface area contributed by atoms with Gasteiger partial charge in [0.25, 0.3) is 0 Å². The number of halogens is 2. The van der Waals surface area contributed by atoms with E-state index in [9.17, 15) is 19.5 Å². The van der Waals surface area contributed by atoms with Gasteiger partial charge in [-0.25, -0.2) is 4.79 Å². The SMILES string of the molecule is CCCCOc1cc(C(=O)OCC2=C(C)C(=O)C3C(CO)=C(C)N(C)C3C2=O)ccc1N(CCCl)CCCl. The normalized spacial score (nSPS) is 19.3. The Hall–Kier alpha value is -2.55. The first kappa shape index (κ1) is 30.0. The molecule has 1 N–H and O–H groups in total. The van der Waals surface area contributed by atoms with E-state index in [0.717, 1.165) is 18.5 Å². The lowest BCUT2D eigenvalue weighted by Crippen LogP contribution is -2.47. The Balaban J connectivity index is 1.82. The number of alkyl halides is 2. The van der Waals surface area contributed by atoms with Crippen molar-refractivity contribution in [2.75, 3.05) is 56.6 Å². The van der Waals surface area contributed by atoms with Crippen molar-refractivity contribution in [1.82, 2.24) is 4.90 Å². The van der Waals surface area contributed by atoms with Gasteiger partial charge in [0.2, 0.25) is 0 Å². The second-order valence-corrected chi connectivity index (χ2v) is 10.2. The van der Waals surface area contributed by atoms with Crippen molar-refractivity contribution in [3.05, 3.63) is 46.2 Å². The first-order valence-electron chi connectivity index (χ1n) is 12.8. The molecule has 2 unspecified atom stereocenters. The Morgan fingerprint density at radius 1 is 1.13 bits per heavy atom. The average Bonchev–Trinajstić information content (AvgIpc) is 3.17. The number of unbranched alkanes of at least 4 members (excludes halogenated alkanes) is 1. The number of hydrogen-bond donors (Lipinski definition) is 1. The van der Waals surface area contributed by atoms with Crippen LogP contribution in [0.25, 0.3) is 0 Å². The largest absolute Gasteiger partial charge is 0.491 e. The van der Waals surface area contributed by atoms with E-state index in [1.165, 1.54) is 0 Å². The maximum absolute atomic E-state index is 13.4. The standard InChI is InChI=1S/C28H36Cl2N2O6/c1-5-6-13-37-23-14-19(7-8-22(23)32(11-9-29)12-10-30)28(36)38-16-21-17(2)26(34)24-20(15-33)18(3)31(4)25(24)27(21)35/h7-8,14,24-25,33H,5-6,9-13,15-16H2,1-4H3. The van der Waals surface area contributed by atoms with Crippen molar-refractivity contribution in [1.29, 1.82) is 0 Å². The van der Waals surface area contributed by atoms with E-state index in [2.05, 4.69) is 6.92 Å². The molecule has 8 nitrogen and oxygen atoms in total. The highest BCUT2D eigenvalue weighted by Gasteiger charge is 2.50. The third-order valence-electron chi connectivity index (χ3n) is 7.29. The molecular formula is C28H36Cl2N2O6. The molecule has 0 spiro atoms. The number of carbonyl (C=O) groups is 3. The number of fused-ring (bicyclic) bond motifs is 1. The molecule has 0 radical (unpaired) electrons. The second-order valence-electron chi connectivity index (χ2n) is 9.46. The highest BCUT2D eigenvalue weighted by Crippen LogP contribution is 2.40. The summed E-state index contributed by atoms with van der Waals surface area (Å²) in [6.45, 7) is 6.41. The summed E-state index contributed by atoms with van der Waals surface area (Å²) in [5.41, 5.74) is 2.75. The van der Waals surface area contributed by atoms with E-state index >= 15 is 0 Å². The van der Waals surface area contributed by atoms with Gasteiger partial charge in [-0.2, -0.15) is 0 Å². The first-order chi connectivity index (χ1) is 18.2. The fraction of sp³-hybridized carbons (Fsp3) is 0.536. The third kappa shape index (κ3) is 6.03. The number of aliphatic hydroxyl groups is 1. The smallest absolute Gasteiger partial charge is 0.338 e. The van der Waals surface area contributed by atoms with Crippen LogP contribution in [0.4, 0.5) is 5.69 Å². The first-order valence-corrected chi connectivity index (χ1v) is 13.9. The molecule has 0 fully saturated rings. The number of aliphatic hydroxyl groups excluding tert-OH is 1. The van der Waals surface area contributed by atoms with E-state index < -0.39 is 17.9 Å². The van der Waals surface area contributed by atoms with Gasteiger partial charge in [0.15, 0.2) is 11.6 Å². The topological polar surface area (TPSA) is 96.4 Å². The van der Waals surface area contributed by atoms with Gasteiger partial charge in [-0.1, -0.05) is 13.3 Å². The highest BCUT2D eigenvalue weighted by atomic mass is 35.5. The monoisotopic (exact) mass is 566 g/mol. The van der Waals surface area contributed by atoms with Crippen LogP contribution in [0.15, 0.2) is 40.6 Å². The number of ketones is 2. The van der Waals surface area contributed by atoms with E-state index in [0.29, 0.717) is 48.5 Å². The van der Waals surface area contributed by atoms with Crippen LogP contribution in [0.3, 0.4) is 0 Å². The van der Waals surface area contributed by atoms with Crippen LogP contribution in [0.1, 0.15) is 44.0 Å². The molecule has 0 bridgehead atoms. The average molecular weight is 568 g/mol. The molecule has 208 valence electrons. The molecule has 0 saturated carbocycles. The van der Waals surface area contributed by atoms with Gasteiger partial charge in [-0.05, 0) is 44.0 Å². The molecule has 0 aromatic heterocycles. The number of allylic oxidation sites excluding steroid dienone is 2. The van der Waals surface area contributed by atoms with Gasteiger partial charge >= 0.3 is 5.97 Å². The summed E-state index contributed by atoms with van der Waals surface area (Å²) < 4.78 is 11.5. The fourth-order valence-electron chi connectivity index (χ4n) is 4.96. The Bertz CT molecular complexity index is 1130. The van der Waals surface area contributed by atoms with Crippen LogP contribution < -0.4 is 9.64 Å². The minimum atomic E-state index is -0.741. The molecule has 10 heteroatoms. The van der Waals surface area contributed by atoms with Gasteiger partial charge in [-0.15, -0.1) is 23.2 Å². The van der Waals surface area contributed by atoms with Gasteiger partial charge in [0.1, 0.15) is 18.4 Å². The van der Waals surface area contributed by atoms with Crippen molar-refractivity contribution >= 4 is 46.4 Å². The number of carbonyl (C=O) groups excluding carboxylic acids is 3. The fourth-order valence-corrected chi connectivity index (χ4v) is 5.37. The van der Waals surface area contributed by atoms with E-state index in [1.807, 2.05) is 4.90 Å². The summed E-state index contributed by atoms with van der Waals surface area (Å²) in [5.74, 6) is -0.521. The molecular weight excluding hydrogens is 531 g/mol. The van der Waals surface area contributed by atoms with Crippen LogP contribution >= 0.6 is 23.2 Å². The number of anilines is 1. The lowest BCUT2D eigenvalue weighted by Gasteiger charge is -2.32. The summed E-state index contributed by atoms with van der Waals surface area (Å²) in [6, 6.07) is 4.30. The van der Waals surface area contributed by atoms with Crippen molar-refractivity contribution in [3.8, 4) is 5.75 Å². The maximum atomic E-state index is 13.4. The van der Waals surface area contributed by atoms with E-state index in [1.54, 1.807) is 44.0 Å². The molecule has 3 rings (SSSR count). The van der Waals surface area contributed by atoms with Crippen LogP contribution in [0.2, 0.25) is 0 Å². The molecule has 38 heavy (non-hydrogen) atoms. The predicted molar refractivity (Wildman–Crippen MR) is 148 cm³/mol. The number of hydrogen-bond acceptors (Lipinski definition) is 8. The Kier molecular flexibility index (Phi) is 10.7. The summed E-state index contributed by atoms with van der Waals surface area (Å²) in [6.07, 6.45) is 1.81. The summed E-state index contributed by atoms with van der Waals surface area (Å²) in [5, 5.41) is 9.80. The molecule has 2 aliphatic rings. The Morgan fingerprint density at radius 3 is 2.42 bits per heavy atom. The zero-order valence-electron chi connectivity index (χ0n) is 22.4. The number of ether oxygens (including phenoxy) is 2. The second kappa shape index (κ2) is 13.5. The maximum Gasteiger partial charge on any atom is 0.338 e. The molecule has 1 aliphatic heterocycles. The summed E-state index contributed by atoms with van der Waals surface area (Å²) >= 11 is 12.0. The predicted octanol–water partition coefficient (Wildman–Crippen LogP) is 3.97. The number of benzene rings is 1. The molecule has 0 amide bonds. The van der Waals surface area contributed by atoms with E-state index in [4.69, 9.17) is 32.7 Å². The number of likely N-dealkylation sites (N-methyl/N-ethyl adjacent to an activating group) is 1. The highest BCUT2D eigenvalue weighted by molar-refractivity contribution is 6.19. The van der Waals surface area contributed by atoms with Crippen molar-refractivity contribution in [3.63, 3.8) is 0 Å². The van der Waals surface area contributed by atoms with Crippen molar-refractivity contribution in [2.24, 2.45) is 5.92 Å². The van der Waals surface area contributed by atoms with E-state index in [-0.39, 0.29) is 41.5 Å². The zero-order valence-corrected chi connectivity index (χ0v) is 23.9. The Labute approximate surface area is 234 Å². The Morgan fingerprint density at radius 2 is 1.82 bits per heavy atom. The lowest BCUT2D eigenvalue weighted by atomic mass is 9.77.